The Morgan fingerprint density at radius 1 is 1.38 bits per heavy atom. The van der Waals surface area contributed by atoms with Crippen molar-refractivity contribution in [3.05, 3.63) is 0 Å². The van der Waals surface area contributed by atoms with Crippen molar-refractivity contribution in [1.29, 1.82) is 0 Å². The number of carboxylic acid groups (broad SMARTS) is 1. The Bertz CT molecular complexity index is 281. The third kappa shape index (κ3) is 4.60. The van der Waals surface area contributed by atoms with Gasteiger partial charge in [-0.25, -0.2) is 9.59 Å². The van der Waals surface area contributed by atoms with Crippen LogP contribution in [-0.2, 0) is 9.59 Å². The largest absolute Gasteiger partial charge is 0.480 e. The van der Waals surface area contributed by atoms with E-state index >= 15 is 0 Å². The third-order valence-electron chi connectivity index (χ3n) is 1.78. The molecule has 0 fully saturated rings. The molecule has 0 aliphatic carbocycles. The standard InChI is InChI=1S/C8H15N3O5/c1-9-6(13)3-11(2)8(16)10-5(4-12)7(14)15/h5,12H,3-4H2,1-2H3,(H,9,13)(H,10,16)(H,14,15)/t5-/m1/s1. The molecule has 0 heterocycles. The maximum atomic E-state index is 11.3. The van der Waals surface area contributed by atoms with Crippen LogP contribution in [0.2, 0.25) is 0 Å². The first kappa shape index (κ1) is 14.2. The number of hydrogen-bond donors (Lipinski definition) is 4. The van der Waals surface area contributed by atoms with Gasteiger partial charge in [-0.3, -0.25) is 4.79 Å². The number of aliphatic hydroxyl groups excluding tert-OH is 1. The highest BCUT2D eigenvalue weighted by Crippen LogP contribution is 1.88. The molecule has 8 nitrogen and oxygen atoms in total. The summed E-state index contributed by atoms with van der Waals surface area (Å²) in [6.45, 7) is -0.908. The van der Waals surface area contributed by atoms with Gasteiger partial charge in [0.05, 0.1) is 6.61 Å². The Morgan fingerprint density at radius 3 is 2.31 bits per heavy atom. The molecule has 0 aliphatic rings. The zero-order valence-corrected chi connectivity index (χ0v) is 9.06. The average Bonchev–Trinajstić information content (AvgIpc) is 2.24. The lowest BCUT2D eigenvalue weighted by atomic mass is 10.3. The molecule has 0 saturated carbocycles. The number of aliphatic carboxylic acids is 1. The lowest BCUT2D eigenvalue weighted by Crippen LogP contribution is -2.50. The Balaban J connectivity index is 4.23. The van der Waals surface area contributed by atoms with Crippen LogP contribution in [0.4, 0.5) is 4.79 Å². The molecule has 3 amide bonds. The van der Waals surface area contributed by atoms with Crippen LogP contribution in [0, 0.1) is 0 Å². The first-order valence-corrected chi connectivity index (χ1v) is 4.48. The Labute approximate surface area is 92.2 Å². The van der Waals surface area contributed by atoms with E-state index in [1.807, 2.05) is 0 Å². The van der Waals surface area contributed by atoms with E-state index in [1.54, 1.807) is 0 Å². The summed E-state index contributed by atoms with van der Waals surface area (Å²) < 4.78 is 0. The maximum absolute atomic E-state index is 11.3. The highest BCUT2D eigenvalue weighted by Gasteiger charge is 2.21. The Kier molecular flexibility index (Phi) is 5.86. The van der Waals surface area contributed by atoms with Gasteiger partial charge in [-0.15, -0.1) is 0 Å². The summed E-state index contributed by atoms with van der Waals surface area (Å²) in [5.74, 6) is -1.72. The van der Waals surface area contributed by atoms with Crippen LogP contribution in [0.5, 0.6) is 0 Å². The normalized spacial score (nSPS) is 11.4. The SMILES string of the molecule is CNC(=O)CN(C)C(=O)N[C@H](CO)C(=O)O. The lowest BCUT2D eigenvalue weighted by Gasteiger charge is -2.19. The second-order valence-electron chi connectivity index (χ2n) is 3.05. The molecule has 0 radical (unpaired) electrons. The van der Waals surface area contributed by atoms with Crippen LogP contribution in [0.1, 0.15) is 0 Å². The second kappa shape index (κ2) is 6.62. The Morgan fingerprint density at radius 2 is 1.94 bits per heavy atom. The van der Waals surface area contributed by atoms with E-state index in [0.29, 0.717) is 0 Å². The number of hydrogen-bond acceptors (Lipinski definition) is 4. The molecule has 0 spiro atoms. The van der Waals surface area contributed by atoms with Crippen molar-refractivity contribution in [2.75, 3.05) is 27.2 Å². The van der Waals surface area contributed by atoms with Crippen LogP contribution >= 0.6 is 0 Å². The van der Waals surface area contributed by atoms with E-state index in [4.69, 9.17) is 10.2 Å². The minimum absolute atomic E-state index is 0.194. The predicted octanol–water partition coefficient (Wildman–Crippen LogP) is -2.18. The van der Waals surface area contributed by atoms with Gasteiger partial charge in [0.25, 0.3) is 0 Å². The minimum atomic E-state index is -1.38. The number of carbonyl (C=O) groups excluding carboxylic acids is 2. The van der Waals surface area contributed by atoms with Crippen LogP contribution < -0.4 is 10.6 Å². The monoisotopic (exact) mass is 233 g/mol. The van der Waals surface area contributed by atoms with Crippen molar-refractivity contribution < 1.29 is 24.6 Å². The third-order valence-corrected chi connectivity index (χ3v) is 1.78. The fourth-order valence-corrected chi connectivity index (χ4v) is 0.811. The van der Waals surface area contributed by atoms with Crippen molar-refractivity contribution in [3.8, 4) is 0 Å². The highest BCUT2D eigenvalue weighted by molar-refractivity contribution is 5.86. The zero-order chi connectivity index (χ0) is 12.7. The van der Waals surface area contributed by atoms with Gasteiger partial charge in [0.15, 0.2) is 6.04 Å². The van der Waals surface area contributed by atoms with E-state index in [0.717, 1.165) is 4.90 Å². The first-order valence-electron chi connectivity index (χ1n) is 4.48. The molecular weight excluding hydrogens is 218 g/mol. The van der Waals surface area contributed by atoms with E-state index in [1.165, 1.54) is 14.1 Å². The van der Waals surface area contributed by atoms with Crippen molar-refractivity contribution in [3.63, 3.8) is 0 Å². The summed E-state index contributed by atoms with van der Waals surface area (Å²) in [7, 11) is 2.75. The maximum Gasteiger partial charge on any atom is 0.328 e. The smallest absolute Gasteiger partial charge is 0.328 e. The minimum Gasteiger partial charge on any atom is -0.480 e. The fraction of sp³-hybridized carbons (Fsp3) is 0.625. The van der Waals surface area contributed by atoms with Crippen molar-refractivity contribution in [1.82, 2.24) is 15.5 Å². The van der Waals surface area contributed by atoms with Crippen molar-refractivity contribution >= 4 is 17.9 Å². The molecule has 0 aliphatic heterocycles. The predicted molar refractivity (Wildman–Crippen MR) is 53.7 cm³/mol. The molecule has 0 saturated heterocycles. The second-order valence-corrected chi connectivity index (χ2v) is 3.05. The average molecular weight is 233 g/mol. The zero-order valence-electron chi connectivity index (χ0n) is 9.06. The molecule has 8 heteroatoms. The molecule has 1 atom stereocenters. The van der Waals surface area contributed by atoms with Gasteiger partial charge in [0, 0.05) is 14.1 Å². The van der Waals surface area contributed by atoms with E-state index in [2.05, 4.69) is 10.6 Å². The van der Waals surface area contributed by atoms with Crippen LogP contribution in [0.15, 0.2) is 0 Å². The number of nitrogens with one attached hydrogen (secondary N) is 2. The number of likely N-dealkylation sites (N-methyl/N-ethyl adjacent to an activating group) is 2. The Hall–Kier alpha value is -1.83. The van der Waals surface area contributed by atoms with Crippen molar-refractivity contribution in [2.24, 2.45) is 0 Å². The number of carbonyl (C=O) groups is 3. The van der Waals surface area contributed by atoms with Crippen molar-refractivity contribution in [2.45, 2.75) is 6.04 Å². The quantitative estimate of drug-likeness (QED) is 0.430. The van der Waals surface area contributed by atoms with Gasteiger partial charge < -0.3 is 25.7 Å². The topological polar surface area (TPSA) is 119 Å². The molecule has 4 N–H and O–H groups in total. The van der Waals surface area contributed by atoms with Gasteiger partial charge in [-0.1, -0.05) is 0 Å². The number of aliphatic hydroxyl groups is 1. The number of urea groups is 1. The van der Waals surface area contributed by atoms with E-state index < -0.39 is 24.6 Å². The van der Waals surface area contributed by atoms with Crippen LogP contribution in [0.3, 0.4) is 0 Å². The molecule has 16 heavy (non-hydrogen) atoms. The summed E-state index contributed by atoms with van der Waals surface area (Å²) in [5.41, 5.74) is 0. The molecular formula is C8H15N3O5. The van der Waals surface area contributed by atoms with Crippen LogP contribution in [-0.4, -0.2) is 66.3 Å². The molecule has 0 unspecified atom stereocenters. The lowest BCUT2D eigenvalue weighted by molar-refractivity contribution is -0.140. The molecule has 0 aromatic carbocycles. The molecule has 0 aromatic rings. The van der Waals surface area contributed by atoms with Gasteiger partial charge in [-0.2, -0.15) is 0 Å². The van der Waals surface area contributed by atoms with Gasteiger partial charge in [0.2, 0.25) is 5.91 Å². The molecule has 92 valence electrons. The number of nitrogens with zero attached hydrogens (tertiary/aromatic N) is 1. The number of carboxylic acids is 1. The van der Waals surface area contributed by atoms with Gasteiger partial charge in [-0.05, 0) is 0 Å². The summed E-state index contributed by atoms with van der Waals surface area (Å²) in [4.78, 5) is 33.7. The van der Waals surface area contributed by atoms with Gasteiger partial charge >= 0.3 is 12.0 Å². The first-order chi connectivity index (χ1) is 7.42. The van der Waals surface area contributed by atoms with E-state index in [9.17, 15) is 14.4 Å². The van der Waals surface area contributed by atoms with Crippen LogP contribution in [0.25, 0.3) is 0 Å². The fourth-order valence-electron chi connectivity index (χ4n) is 0.811. The van der Waals surface area contributed by atoms with E-state index in [-0.39, 0.29) is 12.5 Å². The highest BCUT2D eigenvalue weighted by atomic mass is 16.4. The summed E-state index contributed by atoms with van der Waals surface area (Å²) in [6, 6.07) is -2.12. The molecule has 0 bridgehead atoms. The summed E-state index contributed by atoms with van der Waals surface area (Å²) >= 11 is 0. The molecule has 0 rings (SSSR count). The number of amides is 3. The summed E-state index contributed by atoms with van der Waals surface area (Å²) in [5, 5.41) is 21.6. The molecule has 0 aromatic heterocycles. The number of rotatable bonds is 5. The van der Waals surface area contributed by atoms with Gasteiger partial charge in [0.1, 0.15) is 6.54 Å². The summed E-state index contributed by atoms with van der Waals surface area (Å²) in [6.07, 6.45) is 0.